The van der Waals surface area contributed by atoms with Gasteiger partial charge in [0.2, 0.25) is 0 Å². The molecule has 1 unspecified atom stereocenters. The highest BCUT2D eigenvalue weighted by Gasteiger charge is 2.27. The lowest BCUT2D eigenvalue weighted by Crippen LogP contribution is -2.59. The quantitative estimate of drug-likeness (QED) is 0.635. The Morgan fingerprint density at radius 3 is 2.38 bits per heavy atom. The van der Waals surface area contributed by atoms with Gasteiger partial charge in [-0.3, -0.25) is 14.7 Å². The van der Waals surface area contributed by atoms with E-state index in [1.807, 2.05) is 7.05 Å². The Hall–Kier alpha value is -0.200. The fourth-order valence-electron chi connectivity index (χ4n) is 2.49. The van der Waals surface area contributed by atoms with Gasteiger partial charge >= 0.3 is 0 Å². The SMILES string of the molecule is CCN(CC)C1CN(CN)CN(CNC)C1. The summed E-state index contributed by atoms with van der Waals surface area (Å²) in [5.74, 6) is 0. The molecule has 0 saturated carbocycles. The molecule has 1 fully saturated rings. The van der Waals surface area contributed by atoms with Gasteiger partial charge in [-0.1, -0.05) is 13.8 Å². The molecule has 3 N–H and O–H groups in total. The molecule has 0 aromatic carbocycles. The van der Waals surface area contributed by atoms with Crippen LogP contribution in [-0.2, 0) is 0 Å². The van der Waals surface area contributed by atoms with Crippen LogP contribution in [0.2, 0.25) is 0 Å². The van der Waals surface area contributed by atoms with Crippen LogP contribution < -0.4 is 11.1 Å². The molecule has 1 aliphatic rings. The second kappa shape index (κ2) is 7.19. The van der Waals surface area contributed by atoms with Crippen LogP contribution in [0.25, 0.3) is 0 Å². The van der Waals surface area contributed by atoms with Crippen molar-refractivity contribution < 1.29 is 0 Å². The molecule has 5 heteroatoms. The summed E-state index contributed by atoms with van der Waals surface area (Å²) in [6.45, 7) is 11.5. The summed E-state index contributed by atoms with van der Waals surface area (Å²) in [7, 11) is 1.99. The lowest BCUT2D eigenvalue weighted by atomic mass is 10.2. The zero-order chi connectivity index (χ0) is 12.0. The molecule has 1 atom stereocenters. The normalized spacial score (nSPS) is 24.2. The summed E-state index contributed by atoms with van der Waals surface area (Å²) < 4.78 is 0. The average molecular weight is 229 g/mol. The van der Waals surface area contributed by atoms with Crippen molar-refractivity contribution in [2.24, 2.45) is 5.73 Å². The molecule has 0 aromatic heterocycles. The van der Waals surface area contributed by atoms with Gasteiger partial charge in [-0.25, -0.2) is 0 Å². The monoisotopic (exact) mass is 229 g/mol. The minimum Gasteiger partial charge on any atom is -0.318 e. The maximum absolute atomic E-state index is 5.77. The van der Waals surface area contributed by atoms with E-state index in [-0.39, 0.29) is 0 Å². The van der Waals surface area contributed by atoms with Crippen molar-refractivity contribution in [1.82, 2.24) is 20.0 Å². The Morgan fingerprint density at radius 1 is 1.25 bits per heavy atom. The third-order valence-electron chi connectivity index (χ3n) is 3.31. The number of likely N-dealkylation sites (N-methyl/N-ethyl adjacent to an activating group) is 1. The first kappa shape index (κ1) is 13.9. The van der Waals surface area contributed by atoms with Gasteiger partial charge in [0, 0.05) is 32.5 Å². The van der Waals surface area contributed by atoms with Gasteiger partial charge in [0.05, 0.1) is 6.67 Å². The van der Waals surface area contributed by atoms with Gasteiger partial charge in [0.15, 0.2) is 0 Å². The standard InChI is InChI=1S/C11H27N5/c1-4-16(5-2)11-6-14(8-12)10-15(7-11)9-13-3/h11,13H,4-10,12H2,1-3H3. The van der Waals surface area contributed by atoms with Crippen LogP contribution in [0.5, 0.6) is 0 Å². The number of nitrogens with one attached hydrogen (secondary N) is 1. The van der Waals surface area contributed by atoms with Crippen molar-refractivity contribution in [2.75, 3.05) is 53.2 Å². The van der Waals surface area contributed by atoms with Crippen LogP contribution in [0.3, 0.4) is 0 Å². The van der Waals surface area contributed by atoms with Crippen molar-refractivity contribution >= 4 is 0 Å². The van der Waals surface area contributed by atoms with Crippen molar-refractivity contribution in [3.63, 3.8) is 0 Å². The lowest BCUT2D eigenvalue weighted by Gasteiger charge is -2.43. The average Bonchev–Trinajstić information content (AvgIpc) is 2.31. The van der Waals surface area contributed by atoms with Gasteiger partial charge in [-0.05, 0) is 20.1 Å². The summed E-state index contributed by atoms with van der Waals surface area (Å²) in [6, 6.07) is 0.612. The molecule has 1 rings (SSSR count). The zero-order valence-corrected chi connectivity index (χ0v) is 10.9. The first-order valence-corrected chi connectivity index (χ1v) is 6.28. The summed E-state index contributed by atoms with van der Waals surface area (Å²) in [5, 5.41) is 3.22. The second-order valence-electron chi connectivity index (χ2n) is 4.42. The van der Waals surface area contributed by atoms with E-state index >= 15 is 0 Å². The molecule has 0 aromatic rings. The van der Waals surface area contributed by atoms with E-state index in [0.717, 1.165) is 39.5 Å². The summed E-state index contributed by atoms with van der Waals surface area (Å²) in [6.07, 6.45) is 0. The first-order chi connectivity index (χ1) is 7.74. The number of hydrogen-bond donors (Lipinski definition) is 2. The van der Waals surface area contributed by atoms with E-state index in [4.69, 9.17) is 5.73 Å². The molecule has 5 nitrogen and oxygen atoms in total. The first-order valence-electron chi connectivity index (χ1n) is 6.28. The van der Waals surface area contributed by atoms with Crippen LogP contribution in [-0.4, -0.2) is 74.0 Å². The fraction of sp³-hybridized carbons (Fsp3) is 1.00. The van der Waals surface area contributed by atoms with E-state index in [2.05, 4.69) is 33.9 Å². The van der Waals surface area contributed by atoms with E-state index in [1.54, 1.807) is 0 Å². The molecule has 0 radical (unpaired) electrons. The van der Waals surface area contributed by atoms with Gasteiger partial charge in [-0.2, -0.15) is 0 Å². The summed E-state index contributed by atoms with van der Waals surface area (Å²) >= 11 is 0. The molecule has 0 spiro atoms. The van der Waals surface area contributed by atoms with Crippen LogP contribution in [0.15, 0.2) is 0 Å². The molecule has 0 amide bonds. The third-order valence-corrected chi connectivity index (χ3v) is 3.31. The fourth-order valence-corrected chi connectivity index (χ4v) is 2.49. The molecule has 1 saturated heterocycles. The molecule has 96 valence electrons. The second-order valence-corrected chi connectivity index (χ2v) is 4.42. The number of hydrogen-bond acceptors (Lipinski definition) is 5. The van der Waals surface area contributed by atoms with Gasteiger partial charge in [-0.15, -0.1) is 0 Å². The largest absolute Gasteiger partial charge is 0.318 e. The molecule has 1 heterocycles. The molecular formula is C11H27N5. The maximum atomic E-state index is 5.77. The predicted molar refractivity (Wildman–Crippen MR) is 68.0 cm³/mol. The van der Waals surface area contributed by atoms with E-state index in [9.17, 15) is 0 Å². The highest BCUT2D eigenvalue weighted by atomic mass is 15.4. The molecule has 1 aliphatic heterocycles. The highest BCUT2D eigenvalue weighted by molar-refractivity contribution is 4.82. The Labute approximate surface area is 99.6 Å². The predicted octanol–water partition coefficient (Wildman–Crippen LogP) is -0.635. The minimum atomic E-state index is 0.612. The summed E-state index contributed by atoms with van der Waals surface area (Å²) in [4.78, 5) is 7.24. The Kier molecular flexibility index (Phi) is 6.23. The van der Waals surface area contributed by atoms with Gasteiger partial charge in [0.1, 0.15) is 0 Å². The van der Waals surface area contributed by atoms with E-state index < -0.39 is 0 Å². The van der Waals surface area contributed by atoms with Crippen molar-refractivity contribution in [1.29, 1.82) is 0 Å². The number of nitrogens with zero attached hydrogens (tertiary/aromatic N) is 3. The van der Waals surface area contributed by atoms with Gasteiger partial charge < -0.3 is 11.1 Å². The van der Waals surface area contributed by atoms with Crippen molar-refractivity contribution in [2.45, 2.75) is 19.9 Å². The van der Waals surface area contributed by atoms with E-state index in [1.165, 1.54) is 0 Å². The maximum Gasteiger partial charge on any atom is 0.0531 e. The third kappa shape index (κ3) is 3.68. The molecule has 0 bridgehead atoms. The Bertz CT molecular complexity index is 183. The zero-order valence-electron chi connectivity index (χ0n) is 10.9. The molecule has 0 aliphatic carbocycles. The Morgan fingerprint density at radius 2 is 1.88 bits per heavy atom. The Balaban J connectivity index is 2.55. The van der Waals surface area contributed by atoms with Gasteiger partial charge in [0.25, 0.3) is 0 Å². The number of rotatable bonds is 6. The number of nitrogens with two attached hydrogens (primary N) is 1. The van der Waals surface area contributed by atoms with E-state index in [0.29, 0.717) is 12.7 Å². The summed E-state index contributed by atoms with van der Waals surface area (Å²) in [5.41, 5.74) is 5.77. The van der Waals surface area contributed by atoms with Crippen LogP contribution in [0.4, 0.5) is 0 Å². The lowest BCUT2D eigenvalue weighted by molar-refractivity contribution is 0.0165. The molecule has 16 heavy (non-hydrogen) atoms. The highest BCUT2D eigenvalue weighted by Crippen LogP contribution is 2.10. The topological polar surface area (TPSA) is 47.8 Å². The van der Waals surface area contributed by atoms with Crippen LogP contribution in [0, 0.1) is 0 Å². The van der Waals surface area contributed by atoms with Crippen molar-refractivity contribution in [3.8, 4) is 0 Å². The van der Waals surface area contributed by atoms with Crippen LogP contribution in [0.1, 0.15) is 13.8 Å². The van der Waals surface area contributed by atoms with Crippen molar-refractivity contribution in [3.05, 3.63) is 0 Å². The molecular weight excluding hydrogens is 202 g/mol. The minimum absolute atomic E-state index is 0.612. The van der Waals surface area contributed by atoms with Crippen LogP contribution >= 0.6 is 0 Å². The smallest absolute Gasteiger partial charge is 0.0531 e.